The number of nitrogens with zero attached hydrogens (tertiary/aromatic N) is 4. The lowest BCUT2D eigenvalue weighted by atomic mass is 10.2. The van der Waals surface area contributed by atoms with Gasteiger partial charge in [0.1, 0.15) is 16.8 Å². The zero-order chi connectivity index (χ0) is 20.1. The first-order chi connectivity index (χ1) is 12.9. The van der Waals surface area contributed by atoms with Crippen molar-refractivity contribution in [2.24, 2.45) is 14.1 Å². The summed E-state index contributed by atoms with van der Waals surface area (Å²) in [5.74, 6) is 0.598. The van der Waals surface area contributed by atoms with E-state index in [1.807, 2.05) is 52.3 Å². The predicted molar refractivity (Wildman–Crippen MR) is 109 cm³/mol. The van der Waals surface area contributed by atoms with Crippen molar-refractivity contribution in [3.8, 4) is 5.75 Å². The van der Waals surface area contributed by atoms with Crippen LogP contribution in [0.3, 0.4) is 0 Å². The van der Waals surface area contributed by atoms with Crippen LogP contribution in [0, 0.1) is 19.7 Å². The average molecular weight is 370 g/mol. The fraction of sp³-hybridized carbons (Fsp3) is 0.333. The van der Waals surface area contributed by atoms with Crippen molar-refractivity contribution in [3.63, 3.8) is 0 Å². The summed E-state index contributed by atoms with van der Waals surface area (Å²) in [5.41, 5.74) is 3.49. The Morgan fingerprint density at radius 2 is 1.30 bits per heavy atom. The predicted octanol–water partition coefficient (Wildman–Crippen LogP) is 4.94. The van der Waals surface area contributed by atoms with Gasteiger partial charge in [0.15, 0.2) is 5.82 Å². The van der Waals surface area contributed by atoms with E-state index in [2.05, 4.69) is 23.2 Å². The van der Waals surface area contributed by atoms with Crippen LogP contribution in [0.2, 0.25) is 0 Å². The van der Waals surface area contributed by atoms with Crippen LogP contribution in [-0.4, -0.2) is 26.7 Å². The maximum absolute atomic E-state index is 13.2. The molecule has 0 saturated carbocycles. The molecule has 0 aliphatic rings. The lowest BCUT2D eigenvalue weighted by molar-refractivity contribution is 0.418. The number of hydrogen-bond acceptors (Lipinski definition) is 3. The molecule has 0 spiro atoms. The van der Waals surface area contributed by atoms with Gasteiger partial charge in [-0.15, -0.1) is 0 Å². The normalized spacial score (nSPS) is 10.2. The Morgan fingerprint density at radius 3 is 1.85 bits per heavy atom. The first kappa shape index (κ1) is 20.4. The Balaban J connectivity index is 0.000000178. The van der Waals surface area contributed by atoms with Crippen LogP contribution in [0.5, 0.6) is 5.75 Å². The summed E-state index contributed by atoms with van der Waals surface area (Å²) < 4.78 is 21.8. The van der Waals surface area contributed by atoms with Gasteiger partial charge in [0.25, 0.3) is 0 Å². The molecule has 0 amide bonds. The van der Waals surface area contributed by atoms with E-state index in [0.717, 1.165) is 27.6 Å². The van der Waals surface area contributed by atoms with Crippen molar-refractivity contribution in [2.75, 3.05) is 7.11 Å². The van der Waals surface area contributed by atoms with Crippen molar-refractivity contribution in [1.82, 2.24) is 19.6 Å². The molecule has 0 saturated heterocycles. The molecule has 2 aromatic carbocycles. The third-order valence-corrected chi connectivity index (χ3v) is 3.87. The molecule has 0 atom stereocenters. The fourth-order valence-electron chi connectivity index (χ4n) is 2.87. The van der Waals surface area contributed by atoms with Crippen molar-refractivity contribution in [2.45, 2.75) is 27.7 Å². The van der Waals surface area contributed by atoms with E-state index >= 15 is 0 Å². The van der Waals surface area contributed by atoms with Crippen LogP contribution in [0.15, 0.2) is 36.7 Å². The highest BCUT2D eigenvalue weighted by Crippen LogP contribution is 2.25. The highest BCUT2D eigenvalue weighted by atomic mass is 19.1. The van der Waals surface area contributed by atoms with Crippen molar-refractivity contribution >= 4 is 21.8 Å². The Labute approximate surface area is 159 Å². The number of benzene rings is 2. The van der Waals surface area contributed by atoms with Gasteiger partial charge in [-0.25, -0.2) is 4.39 Å². The minimum atomic E-state index is -0.245. The summed E-state index contributed by atoms with van der Waals surface area (Å²) in [7, 11) is 5.37. The Morgan fingerprint density at radius 1 is 0.815 bits per heavy atom. The van der Waals surface area contributed by atoms with E-state index < -0.39 is 0 Å². The monoisotopic (exact) mass is 370 g/mol. The summed E-state index contributed by atoms with van der Waals surface area (Å²) in [5, 5.41) is 10.3. The molecule has 0 bridgehead atoms. The summed E-state index contributed by atoms with van der Waals surface area (Å²) in [6, 6.07) is 7.51. The van der Waals surface area contributed by atoms with Gasteiger partial charge < -0.3 is 4.74 Å². The quantitative estimate of drug-likeness (QED) is 0.477. The Hall–Kier alpha value is -2.89. The average Bonchev–Trinajstić information content (AvgIpc) is 3.17. The zero-order valence-corrected chi connectivity index (χ0v) is 17.0. The van der Waals surface area contributed by atoms with Crippen LogP contribution >= 0.6 is 0 Å². The highest BCUT2D eigenvalue weighted by molar-refractivity contribution is 5.85. The molecule has 0 fully saturated rings. The van der Waals surface area contributed by atoms with Crippen molar-refractivity contribution in [3.05, 3.63) is 53.6 Å². The molecule has 2 heterocycles. The Kier molecular flexibility index (Phi) is 6.55. The van der Waals surface area contributed by atoms with E-state index in [4.69, 9.17) is 4.74 Å². The van der Waals surface area contributed by atoms with Gasteiger partial charge in [-0.05, 0) is 49.2 Å². The largest absolute Gasteiger partial charge is 0.494 e. The number of methoxy groups -OCH3 is 1. The van der Waals surface area contributed by atoms with Crippen LogP contribution in [0.25, 0.3) is 21.8 Å². The lowest BCUT2D eigenvalue weighted by Crippen LogP contribution is -1.88. The third kappa shape index (κ3) is 4.64. The molecule has 0 unspecified atom stereocenters. The van der Waals surface area contributed by atoms with Crippen LogP contribution in [-0.2, 0) is 14.1 Å². The van der Waals surface area contributed by atoms with E-state index in [9.17, 15) is 4.39 Å². The van der Waals surface area contributed by atoms with Gasteiger partial charge in [0.2, 0.25) is 0 Å². The van der Waals surface area contributed by atoms with E-state index in [0.29, 0.717) is 5.52 Å². The smallest absolute Gasteiger partial charge is 0.151 e. The maximum atomic E-state index is 13.2. The number of hydrogen-bond donors (Lipinski definition) is 0. The second kappa shape index (κ2) is 8.66. The molecule has 0 aliphatic carbocycles. The topological polar surface area (TPSA) is 44.9 Å². The number of aryl methyl sites for hydroxylation is 4. The van der Waals surface area contributed by atoms with Gasteiger partial charge in [-0.3, -0.25) is 9.36 Å². The van der Waals surface area contributed by atoms with Gasteiger partial charge in [-0.1, -0.05) is 13.8 Å². The summed E-state index contributed by atoms with van der Waals surface area (Å²) >= 11 is 0. The SMILES string of the molecule is CC.COc1cc(C)cc2cn(C)nc12.Cc1cc(F)c2nn(C)cc2c1. The lowest BCUT2D eigenvalue weighted by Gasteiger charge is -2.01. The number of aromatic nitrogens is 4. The van der Waals surface area contributed by atoms with E-state index in [1.165, 1.54) is 11.6 Å². The zero-order valence-electron chi connectivity index (χ0n) is 17.0. The standard InChI is InChI=1S/C10H12N2O.C9H9FN2.C2H6/c1-7-4-8-6-12(2)11-10(8)9(5-7)13-3;1-6-3-7-5-12(2)11-9(7)8(10)4-6;1-2/h4-6H,1-3H3;3-5H,1-2H3;1-2H3. The Bertz CT molecular complexity index is 1050. The van der Waals surface area contributed by atoms with Crippen molar-refractivity contribution in [1.29, 1.82) is 0 Å². The van der Waals surface area contributed by atoms with E-state index in [1.54, 1.807) is 23.5 Å². The second-order valence-corrected chi connectivity index (χ2v) is 6.20. The molecule has 27 heavy (non-hydrogen) atoms. The molecule has 4 rings (SSSR count). The molecule has 0 N–H and O–H groups in total. The first-order valence-corrected chi connectivity index (χ1v) is 8.95. The third-order valence-electron chi connectivity index (χ3n) is 3.87. The highest BCUT2D eigenvalue weighted by Gasteiger charge is 2.06. The van der Waals surface area contributed by atoms with Gasteiger partial charge in [0.05, 0.1) is 7.11 Å². The fourth-order valence-corrected chi connectivity index (χ4v) is 2.87. The van der Waals surface area contributed by atoms with Gasteiger partial charge >= 0.3 is 0 Å². The molecule has 0 aliphatic heterocycles. The molecular formula is C21H27FN4O. The van der Waals surface area contributed by atoms with Crippen LogP contribution in [0.1, 0.15) is 25.0 Å². The van der Waals surface area contributed by atoms with E-state index in [-0.39, 0.29) is 5.82 Å². The number of rotatable bonds is 1. The number of ether oxygens (including phenoxy) is 1. The molecule has 144 valence electrons. The van der Waals surface area contributed by atoms with Gasteiger partial charge in [-0.2, -0.15) is 10.2 Å². The van der Waals surface area contributed by atoms with Crippen LogP contribution in [0.4, 0.5) is 4.39 Å². The molecule has 6 heteroatoms. The van der Waals surface area contributed by atoms with Gasteiger partial charge in [0, 0.05) is 37.3 Å². The molecule has 2 aromatic heterocycles. The molecular weight excluding hydrogens is 343 g/mol. The van der Waals surface area contributed by atoms with Crippen molar-refractivity contribution < 1.29 is 9.13 Å². The number of fused-ring (bicyclic) bond motifs is 2. The second-order valence-electron chi connectivity index (χ2n) is 6.20. The number of halogens is 1. The summed E-state index contributed by atoms with van der Waals surface area (Å²) in [6.07, 6.45) is 3.80. The summed E-state index contributed by atoms with van der Waals surface area (Å²) in [6.45, 7) is 7.92. The first-order valence-electron chi connectivity index (χ1n) is 8.95. The molecule has 4 aromatic rings. The minimum Gasteiger partial charge on any atom is -0.494 e. The molecule has 5 nitrogen and oxygen atoms in total. The molecule has 0 radical (unpaired) electrons. The van der Waals surface area contributed by atoms with Crippen LogP contribution < -0.4 is 4.74 Å². The summed E-state index contributed by atoms with van der Waals surface area (Å²) in [4.78, 5) is 0. The minimum absolute atomic E-state index is 0.245. The maximum Gasteiger partial charge on any atom is 0.151 e.